The molecule has 2 aromatic heterocycles. The first-order valence-electron chi connectivity index (χ1n) is 11.7. The van der Waals surface area contributed by atoms with Gasteiger partial charge in [0.25, 0.3) is 0 Å². The third-order valence-corrected chi connectivity index (χ3v) is 7.09. The topological polar surface area (TPSA) is 33.1 Å². The monoisotopic (exact) mass is 466 g/mol. The Morgan fingerprint density at radius 2 is 1.65 bits per heavy atom. The second-order valence-electron chi connectivity index (χ2n) is 9.29. The van der Waals surface area contributed by atoms with Gasteiger partial charge in [-0.25, -0.2) is 0 Å². The first-order valence-corrected chi connectivity index (χ1v) is 12.1. The maximum Gasteiger partial charge on any atom is 0.174 e. The van der Waals surface area contributed by atoms with Crippen LogP contribution in [0, 0.1) is 34.6 Å². The summed E-state index contributed by atoms with van der Waals surface area (Å²) < 4.78 is 2.38. The van der Waals surface area contributed by atoms with Crippen LogP contribution < -0.4 is 10.2 Å². The van der Waals surface area contributed by atoms with E-state index in [4.69, 9.17) is 17.2 Å². The lowest BCUT2D eigenvalue weighted by molar-refractivity contribution is 0.565. The molecule has 2 unspecified atom stereocenters. The van der Waals surface area contributed by atoms with E-state index in [0.29, 0.717) is 0 Å². The number of thiocarbonyl (C=S) groups is 1. The molecule has 5 heteroatoms. The number of aryl methyl sites for hydroxylation is 4. The molecule has 2 aromatic carbocycles. The second kappa shape index (κ2) is 8.73. The van der Waals surface area contributed by atoms with Crippen molar-refractivity contribution >= 4 is 23.0 Å². The molecule has 4 aromatic rings. The van der Waals surface area contributed by atoms with Crippen LogP contribution in [0.2, 0.25) is 0 Å². The van der Waals surface area contributed by atoms with Crippen molar-refractivity contribution in [3.63, 3.8) is 0 Å². The van der Waals surface area contributed by atoms with Crippen LogP contribution in [0.25, 0.3) is 5.69 Å². The van der Waals surface area contributed by atoms with Crippen molar-refractivity contribution in [1.29, 1.82) is 0 Å². The molecule has 3 heterocycles. The van der Waals surface area contributed by atoms with E-state index in [1.807, 2.05) is 18.3 Å². The molecule has 1 aliphatic rings. The van der Waals surface area contributed by atoms with E-state index < -0.39 is 0 Å². The molecule has 1 aliphatic heterocycles. The molecule has 0 spiro atoms. The molecule has 0 bridgehead atoms. The minimum absolute atomic E-state index is 0.0192. The van der Waals surface area contributed by atoms with Gasteiger partial charge in [-0.2, -0.15) is 0 Å². The second-order valence-corrected chi connectivity index (χ2v) is 9.67. The SMILES string of the molecule is Cc1cccc(N2C(=S)NC(c3ccccn3)C2c2cc(C)n(-c3cc(C)ccc3C)c2C)c1. The molecule has 4 nitrogen and oxygen atoms in total. The summed E-state index contributed by atoms with van der Waals surface area (Å²) in [7, 11) is 0. The highest BCUT2D eigenvalue weighted by Gasteiger charge is 2.42. The van der Waals surface area contributed by atoms with Gasteiger partial charge in [-0.3, -0.25) is 4.98 Å². The van der Waals surface area contributed by atoms with Gasteiger partial charge in [-0.15, -0.1) is 0 Å². The normalized spacial score (nSPS) is 17.8. The van der Waals surface area contributed by atoms with Crippen molar-refractivity contribution in [3.8, 4) is 5.69 Å². The molecule has 0 saturated carbocycles. The fourth-order valence-electron chi connectivity index (χ4n) is 5.14. The summed E-state index contributed by atoms with van der Waals surface area (Å²) in [5.41, 5.74) is 10.7. The van der Waals surface area contributed by atoms with Gasteiger partial charge in [-0.1, -0.05) is 30.3 Å². The van der Waals surface area contributed by atoms with E-state index in [-0.39, 0.29) is 12.1 Å². The van der Waals surface area contributed by atoms with Gasteiger partial charge in [0.15, 0.2) is 5.11 Å². The zero-order valence-corrected chi connectivity index (χ0v) is 21.1. The number of pyridine rings is 1. The van der Waals surface area contributed by atoms with E-state index in [9.17, 15) is 0 Å². The summed E-state index contributed by atoms with van der Waals surface area (Å²) in [6, 6.07) is 23.5. The van der Waals surface area contributed by atoms with Crippen LogP contribution in [0.15, 0.2) is 72.9 Å². The molecule has 0 amide bonds. The highest BCUT2D eigenvalue weighted by Crippen LogP contribution is 2.44. The molecular weight excluding hydrogens is 436 g/mol. The predicted molar refractivity (Wildman–Crippen MR) is 144 cm³/mol. The summed E-state index contributed by atoms with van der Waals surface area (Å²) in [5, 5.41) is 4.31. The van der Waals surface area contributed by atoms with Crippen LogP contribution >= 0.6 is 12.2 Å². The number of nitrogens with one attached hydrogen (secondary N) is 1. The first kappa shape index (κ1) is 22.4. The van der Waals surface area contributed by atoms with E-state index in [0.717, 1.165) is 16.5 Å². The Labute approximate surface area is 207 Å². The highest BCUT2D eigenvalue weighted by atomic mass is 32.1. The van der Waals surface area contributed by atoms with E-state index in [1.165, 1.54) is 39.3 Å². The predicted octanol–water partition coefficient (Wildman–Crippen LogP) is 6.59. The first-order chi connectivity index (χ1) is 16.3. The molecule has 0 radical (unpaired) electrons. The van der Waals surface area contributed by atoms with Gasteiger partial charge in [0.2, 0.25) is 0 Å². The summed E-state index contributed by atoms with van der Waals surface area (Å²) in [4.78, 5) is 6.96. The van der Waals surface area contributed by atoms with Gasteiger partial charge >= 0.3 is 0 Å². The minimum atomic E-state index is -0.0539. The maximum absolute atomic E-state index is 5.91. The van der Waals surface area contributed by atoms with Gasteiger partial charge < -0.3 is 14.8 Å². The number of hydrogen-bond acceptors (Lipinski definition) is 2. The van der Waals surface area contributed by atoms with Crippen LogP contribution in [0.5, 0.6) is 0 Å². The van der Waals surface area contributed by atoms with E-state index in [1.54, 1.807) is 0 Å². The Kier molecular flexibility index (Phi) is 5.74. The summed E-state index contributed by atoms with van der Waals surface area (Å²) in [6.45, 7) is 10.8. The van der Waals surface area contributed by atoms with Crippen LogP contribution in [0.3, 0.4) is 0 Å². The zero-order valence-electron chi connectivity index (χ0n) is 20.3. The van der Waals surface area contributed by atoms with Crippen LogP contribution in [-0.2, 0) is 0 Å². The molecule has 1 N–H and O–H groups in total. The molecule has 5 rings (SSSR count). The van der Waals surface area contributed by atoms with Gasteiger partial charge in [-0.05, 0) is 105 Å². The Bertz CT molecular complexity index is 1370. The van der Waals surface area contributed by atoms with E-state index in [2.05, 4.69) is 104 Å². The van der Waals surface area contributed by atoms with Gasteiger partial charge in [0, 0.05) is 29.0 Å². The zero-order chi connectivity index (χ0) is 24.0. The molecule has 2 atom stereocenters. The number of anilines is 1. The number of aromatic nitrogens is 2. The quantitative estimate of drug-likeness (QED) is 0.344. The average Bonchev–Trinajstić information content (AvgIpc) is 3.31. The largest absolute Gasteiger partial charge is 0.351 e. The Hall–Kier alpha value is -3.44. The van der Waals surface area contributed by atoms with Crippen LogP contribution in [0.1, 0.15) is 51.4 Å². The number of rotatable bonds is 4. The highest BCUT2D eigenvalue weighted by molar-refractivity contribution is 7.80. The van der Waals surface area contributed by atoms with Crippen molar-refractivity contribution in [2.75, 3.05) is 4.90 Å². The van der Waals surface area contributed by atoms with Gasteiger partial charge in [0.1, 0.15) is 0 Å². The molecule has 1 saturated heterocycles. The molecule has 0 aliphatic carbocycles. The standard InChI is InChI=1S/C29H30N4S/c1-18-9-8-10-23(15-18)33-28(27(31-29(33)34)25-11-6-7-14-30-25)24-17-21(4)32(22(24)5)26-16-19(2)12-13-20(26)3/h6-17,27-28H,1-5H3,(H,31,34). The third kappa shape index (κ3) is 3.80. The smallest absolute Gasteiger partial charge is 0.174 e. The molecular formula is C29H30N4S. The van der Waals surface area contributed by atoms with Crippen molar-refractivity contribution in [2.24, 2.45) is 0 Å². The minimum Gasteiger partial charge on any atom is -0.351 e. The van der Waals surface area contributed by atoms with Gasteiger partial charge in [0.05, 0.1) is 17.8 Å². The lowest BCUT2D eigenvalue weighted by Gasteiger charge is -2.28. The third-order valence-electron chi connectivity index (χ3n) is 6.77. The lowest BCUT2D eigenvalue weighted by atomic mass is 9.96. The summed E-state index contributed by atoms with van der Waals surface area (Å²) in [6.07, 6.45) is 1.85. The average molecular weight is 467 g/mol. The van der Waals surface area contributed by atoms with Crippen molar-refractivity contribution < 1.29 is 0 Å². The van der Waals surface area contributed by atoms with Crippen molar-refractivity contribution in [1.82, 2.24) is 14.9 Å². The summed E-state index contributed by atoms with van der Waals surface area (Å²) >= 11 is 5.91. The Morgan fingerprint density at radius 3 is 2.38 bits per heavy atom. The Morgan fingerprint density at radius 1 is 0.853 bits per heavy atom. The summed E-state index contributed by atoms with van der Waals surface area (Å²) in [5.74, 6) is 0. The fraction of sp³-hybridized carbons (Fsp3) is 0.241. The molecule has 172 valence electrons. The maximum atomic E-state index is 5.91. The van der Waals surface area contributed by atoms with Crippen molar-refractivity contribution in [2.45, 2.75) is 46.7 Å². The fourth-order valence-corrected chi connectivity index (χ4v) is 5.49. The Balaban J connectivity index is 1.71. The lowest BCUT2D eigenvalue weighted by Crippen LogP contribution is -2.29. The molecule has 1 fully saturated rings. The molecule has 34 heavy (non-hydrogen) atoms. The van der Waals surface area contributed by atoms with Crippen molar-refractivity contribution in [3.05, 3.63) is 112 Å². The van der Waals surface area contributed by atoms with Crippen LogP contribution in [0.4, 0.5) is 5.69 Å². The number of nitrogens with zero attached hydrogens (tertiary/aromatic N) is 3. The van der Waals surface area contributed by atoms with Crippen LogP contribution in [-0.4, -0.2) is 14.7 Å². The van der Waals surface area contributed by atoms with E-state index >= 15 is 0 Å². The number of hydrogen-bond donors (Lipinski definition) is 1. The number of benzene rings is 2.